The number of rotatable bonds is 4. The predicted octanol–water partition coefficient (Wildman–Crippen LogP) is 1.05. The monoisotopic (exact) mass is 329 g/mol. The number of fused-ring (bicyclic) bond motifs is 2. The van der Waals surface area contributed by atoms with Crippen molar-refractivity contribution in [3.05, 3.63) is 12.1 Å². The molecule has 2 unspecified atom stereocenters. The summed E-state index contributed by atoms with van der Waals surface area (Å²) in [4.78, 5) is 12.4. The van der Waals surface area contributed by atoms with Crippen LogP contribution in [0.25, 0.3) is 0 Å². The van der Waals surface area contributed by atoms with Crippen LogP contribution in [0.4, 0.5) is 0 Å². The van der Waals surface area contributed by atoms with E-state index in [4.69, 9.17) is 4.28 Å². The minimum atomic E-state index is -4.16. The summed E-state index contributed by atoms with van der Waals surface area (Å²) < 4.78 is 29.9. The van der Waals surface area contributed by atoms with Crippen LogP contribution in [0.1, 0.15) is 33.1 Å². The normalized spacial score (nSPS) is 29.9. The van der Waals surface area contributed by atoms with Crippen LogP contribution >= 0.6 is 0 Å². The van der Waals surface area contributed by atoms with Crippen LogP contribution in [0.3, 0.4) is 0 Å². The van der Waals surface area contributed by atoms with Crippen molar-refractivity contribution in [3.63, 3.8) is 0 Å². The fourth-order valence-electron chi connectivity index (χ4n) is 4.03. The molecule has 0 amide bonds. The van der Waals surface area contributed by atoms with E-state index in [-0.39, 0.29) is 11.7 Å². The number of nitrogens with zero attached hydrogens (tertiary/aromatic N) is 1. The maximum absolute atomic E-state index is 12.4. The van der Waals surface area contributed by atoms with Crippen LogP contribution in [-0.4, -0.2) is 34.9 Å². The largest absolute Gasteiger partial charge is 0.492 e. The highest BCUT2D eigenvalue weighted by molar-refractivity contribution is 7.86. The average Bonchev–Trinajstić information content (AvgIpc) is 2.89. The molecule has 2 N–H and O–H groups in total. The standard InChI is InChI=1S/C14H19NO6S/c1-13(2)9-5-6-14(13,10(16)7-9)8-22(19,20)21-15-11(17)3-4-12(15)18/h3-4,9,17-18H,5-8H2,1-2H3. The van der Waals surface area contributed by atoms with Gasteiger partial charge < -0.3 is 10.2 Å². The van der Waals surface area contributed by atoms with E-state index < -0.39 is 38.5 Å². The third-order valence-electron chi connectivity index (χ3n) is 5.55. The molecule has 0 radical (unpaired) electrons. The topological polar surface area (TPSA) is 106 Å². The van der Waals surface area contributed by atoms with Gasteiger partial charge in [0.2, 0.25) is 11.8 Å². The smallest absolute Gasteiger partial charge is 0.328 e. The maximum Gasteiger partial charge on any atom is 0.328 e. The lowest BCUT2D eigenvalue weighted by atomic mass is 9.70. The Kier molecular flexibility index (Phi) is 3.05. The molecule has 3 rings (SSSR count). The van der Waals surface area contributed by atoms with E-state index in [0.717, 1.165) is 18.6 Å². The van der Waals surface area contributed by atoms with Gasteiger partial charge in [-0.25, -0.2) is 0 Å². The van der Waals surface area contributed by atoms with Gasteiger partial charge in [0.1, 0.15) is 11.5 Å². The molecule has 2 saturated carbocycles. The molecule has 1 aromatic heterocycles. The Morgan fingerprint density at radius 2 is 1.91 bits per heavy atom. The number of aromatic hydroxyl groups is 2. The molecule has 7 nitrogen and oxygen atoms in total. The molecule has 2 fully saturated rings. The van der Waals surface area contributed by atoms with Crippen molar-refractivity contribution in [3.8, 4) is 11.8 Å². The first-order chi connectivity index (χ1) is 10.1. The highest BCUT2D eigenvalue weighted by Crippen LogP contribution is 2.64. The summed E-state index contributed by atoms with van der Waals surface area (Å²) in [7, 11) is -4.16. The first-order valence-electron chi connectivity index (χ1n) is 7.15. The zero-order valence-corrected chi connectivity index (χ0v) is 13.3. The lowest BCUT2D eigenvalue weighted by molar-refractivity contribution is -0.128. The number of ketones is 1. The van der Waals surface area contributed by atoms with Crippen molar-refractivity contribution in [2.75, 3.05) is 5.75 Å². The van der Waals surface area contributed by atoms with Gasteiger partial charge in [-0.1, -0.05) is 18.6 Å². The summed E-state index contributed by atoms with van der Waals surface area (Å²) in [5, 5.41) is 19.0. The van der Waals surface area contributed by atoms with E-state index in [0.29, 0.717) is 17.6 Å². The Morgan fingerprint density at radius 1 is 1.32 bits per heavy atom. The molecule has 1 aromatic rings. The summed E-state index contributed by atoms with van der Waals surface area (Å²) in [6, 6.07) is 2.22. The molecule has 0 aliphatic heterocycles. The van der Waals surface area contributed by atoms with Crippen molar-refractivity contribution in [2.24, 2.45) is 16.7 Å². The SMILES string of the molecule is CC1(C)C2CCC1(CS(=O)(=O)On1c(O)ccc1O)C(=O)C2. The molecule has 2 bridgehead atoms. The molecule has 1 heterocycles. The second-order valence-corrected chi connectivity index (χ2v) is 8.34. The number of carbonyl (C=O) groups is 1. The predicted molar refractivity (Wildman–Crippen MR) is 76.7 cm³/mol. The molecular formula is C14H19NO6S. The van der Waals surface area contributed by atoms with Crippen LogP contribution in [-0.2, 0) is 14.9 Å². The van der Waals surface area contributed by atoms with E-state index >= 15 is 0 Å². The molecule has 8 heteroatoms. The van der Waals surface area contributed by atoms with Crippen molar-refractivity contribution in [2.45, 2.75) is 33.1 Å². The highest BCUT2D eigenvalue weighted by Gasteiger charge is 2.65. The lowest BCUT2D eigenvalue weighted by Crippen LogP contribution is -2.44. The van der Waals surface area contributed by atoms with Gasteiger partial charge >= 0.3 is 10.1 Å². The van der Waals surface area contributed by atoms with Crippen LogP contribution in [0, 0.1) is 16.7 Å². The quantitative estimate of drug-likeness (QED) is 0.855. The van der Waals surface area contributed by atoms with Crippen LogP contribution in [0.2, 0.25) is 0 Å². The summed E-state index contributed by atoms with van der Waals surface area (Å²) >= 11 is 0. The zero-order chi connectivity index (χ0) is 16.3. The van der Waals surface area contributed by atoms with Crippen LogP contribution < -0.4 is 4.28 Å². The highest BCUT2D eigenvalue weighted by atomic mass is 32.2. The van der Waals surface area contributed by atoms with Gasteiger partial charge in [0, 0.05) is 18.6 Å². The fourth-order valence-corrected chi connectivity index (χ4v) is 5.74. The minimum absolute atomic E-state index is 0.0399. The number of carbonyl (C=O) groups excluding carboxylic acids is 1. The molecular weight excluding hydrogens is 310 g/mol. The lowest BCUT2D eigenvalue weighted by Gasteiger charge is -2.35. The van der Waals surface area contributed by atoms with Gasteiger partial charge in [0.25, 0.3) is 0 Å². The summed E-state index contributed by atoms with van der Waals surface area (Å²) in [6.45, 7) is 3.85. The second kappa shape index (κ2) is 4.41. The van der Waals surface area contributed by atoms with Crippen LogP contribution in [0.5, 0.6) is 11.8 Å². The molecule has 2 aliphatic rings. The molecule has 0 aromatic carbocycles. The average molecular weight is 329 g/mol. The number of hydrogen-bond donors (Lipinski definition) is 2. The van der Waals surface area contributed by atoms with E-state index in [1.54, 1.807) is 0 Å². The first kappa shape index (κ1) is 15.2. The third kappa shape index (κ3) is 1.93. The molecule has 22 heavy (non-hydrogen) atoms. The van der Waals surface area contributed by atoms with Gasteiger partial charge in [0.15, 0.2) is 0 Å². The van der Waals surface area contributed by atoms with Gasteiger partial charge in [-0.3, -0.25) is 9.08 Å². The van der Waals surface area contributed by atoms with Gasteiger partial charge in [-0.15, -0.1) is 0 Å². The number of aromatic nitrogens is 1. The summed E-state index contributed by atoms with van der Waals surface area (Å²) in [5.41, 5.74) is -1.35. The zero-order valence-electron chi connectivity index (χ0n) is 12.4. The Bertz CT molecular complexity index is 715. The summed E-state index contributed by atoms with van der Waals surface area (Å²) in [6.07, 6.45) is 1.76. The Hall–Kier alpha value is -1.70. The maximum atomic E-state index is 12.4. The van der Waals surface area contributed by atoms with E-state index in [9.17, 15) is 23.4 Å². The molecule has 0 saturated heterocycles. The second-order valence-electron chi connectivity index (χ2n) is 6.79. The molecule has 0 spiro atoms. The van der Waals surface area contributed by atoms with Gasteiger partial charge in [0.05, 0.1) is 5.41 Å². The number of Topliss-reactive ketones (excluding diaryl/α,β-unsaturated/α-hetero) is 1. The van der Waals surface area contributed by atoms with Crippen molar-refractivity contribution in [1.82, 2.24) is 4.73 Å². The Balaban J connectivity index is 1.90. The van der Waals surface area contributed by atoms with Gasteiger partial charge in [-0.05, 0) is 24.2 Å². The Labute approximate surface area is 128 Å². The van der Waals surface area contributed by atoms with E-state index in [1.165, 1.54) is 0 Å². The van der Waals surface area contributed by atoms with E-state index in [1.807, 2.05) is 13.8 Å². The van der Waals surface area contributed by atoms with Crippen molar-refractivity contribution < 1.29 is 27.7 Å². The number of hydrogen-bond acceptors (Lipinski definition) is 6. The van der Waals surface area contributed by atoms with Crippen molar-refractivity contribution >= 4 is 15.9 Å². The molecule has 122 valence electrons. The molecule has 2 aliphatic carbocycles. The summed E-state index contributed by atoms with van der Waals surface area (Å²) in [5.74, 6) is -1.34. The van der Waals surface area contributed by atoms with Crippen molar-refractivity contribution in [1.29, 1.82) is 0 Å². The van der Waals surface area contributed by atoms with E-state index in [2.05, 4.69) is 0 Å². The Morgan fingerprint density at radius 3 is 2.36 bits per heavy atom. The fraction of sp³-hybridized carbons (Fsp3) is 0.643. The minimum Gasteiger partial charge on any atom is -0.492 e. The first-order valence-corrected chi connectivity index (χ1v) is 8.72. The van der Waals surface area contributed by atoms with Crippen LogP contribution in [0.15, 0.2) is 12.1 Å². The third-order valence-corrected chi connectivity index (χ3v) is 6.77. The molecule has 2 atom stereocenters. The van der Waals surface area contributed by atoms with Gasteiger partial charge in [-0.2, -0.15) is 8.42 Å².